The lowest BCUT2D eigenvalue weighted by Crippen LogP contribution is -2.52. The number of rotatable bonds is 10. The Morgan fingerprint density at radius 1 is 1.08 bits per heavy atom. The van der Waals surface area contributed by atoms with E-state index in [9.17, 15) is 18.0 Å². The molecule has 1 atom stereocenters. The summed E-state index contributed by atoms with van der Waals surface area (Å²) in [6, 6.07) is 12.6. The zero-order valence-electron chi connectivity index (χ0n) is 22.3. The minimum absolute atomic E-state index is 0.109. The average Bonchev–Trinajstić information content (AvgIpc) is 2.74. The van der Waals surface area contributed by atoms with Crippen molar-refractivity contribution in [2.24, 2.45) is 0 Å². The number of nitrogens with one attached hydrogen (secondary N) is 1. The van der Waals surface area contributed by atoms with Crippen molar-refractivity contribution < 1.29 is 18.0 Å². The maximum Gasteiger partial charge on any atom is 0.242 e. The molecule has 1 N–H and O–H groups in total. The van der Waals surface area contributed by atoms with Crippen LogP contribution in [-0.4, -0.2) is 49.5 Å². The lowest BCUT2D eigenvalue weighted by Gasteiger charge is -2.32. The molecule has 0 aromatic heterocycles. The van der Waals surface area contributed by atoms with Gasteiger partial charge in [-0.2, -0.15) is 0 Å². The molecule has 0 heterocycles. The van der Waals surface area contributed by atoms with Gasteiger partial charge in [0.25, 0.3) is 0 Å². The second kappa shape index (κ2) is 12.2. The maximum atomic E-state index is 13.4. The predicted octanol–water partition coefficient (Wildman–Crippen LogP) is 4.94. The van der Waals surface area contributed by atoms with E-state index in [4.69, 9.17) is 0 Å². The summed E-state index contributed by atoms with van der Waals surface area (Å²) in [4.78, 5) is 27.9. The van der Waals surface area contributed by atoms with Gasteiger partial charge in [-0.15, -0.1) is 0 Å². The van der Waals surface area contributed by atoms with Crippen LogP contribution in [0.4, 0.5) is 5.69 Å². The highest BCUT2D eigenvalue weighted by Gasteiger charge is 2.29. The maximum absolute atomic E-state index is 13.4. The van der Waals surface area contributed by atoms with Crippen LogP contribution in [0.3, 0.4) is 0 Å². The molecular formula is C27H38BrN3O4S. The second-order valence-electron chi connectivity index (χ2n) is 10.3. The van der Waals surface area contributed by atoms with Gasteiger partial charge in [0, 0.05) is 29.5 Å². The Morgan fingerprint density at radius 2 is 1.75 bits per heavy atom. The number of hydrogen-bond donors (Lipinski definition) is 1. The third-order valence-corrected chi connectivity index (χ3v) is 7.37. The third-order valence-electron chi connectivity index (χ3n) is 5.69. The topological polar surface area (TPSA) is 86.8 Å². The van der Waals surface area contributed by atoms with Crippen molar-refractivity contribution in [1.82, 2.24) is 10.2 Å². The predicted molar refractivity (Wildman–Crippen MR) is 149 cm³/mol. The minimum atomic E-state index is -3.54. The fourth-order valence-electron chi connectivity index (χ4n) is 3.86. The molecule has 36 heavy (non-hydrogen) atoms. The van der Waals surface area contributed by atoms with Crippen molar-refractivity contribution in [3.05, 3.63) is 63.6 Å². The van der Waals surface area contributed by atoms with Crippen molar-refractivity contribution in [2.75, 3.05) is 17.1 Å². The Labute approximate surface area is 224 Å². The van der Waals surface area contributed by atoms with Crippen molar-refractivity contribution in [2.45, 2.75) is 72.5 Å². The molecule has 2 amide bonds. The van der Waals surface area contributed by atoms with Gasteiger partial charge in [-0.3, -0.25) is 13.9 Å². The van der Waals surface area contributed by atoms with Crippen LogP contribution in [0, 0.1) is 13.8 Å². The van der Waals surface area contributed by atoms with Crippen molar-refractivity contribution in [3.8, 4) is 0 Å². The quantitative estimate of drug-likeness (QED) is 0.431. The number of nitrogens with zero attached hydrogens (tertiary/aromatic N) is 2. The summed E-state index contributed by atoms with van der Waals surface area (Å²) in [6.07, 6.45) is 1.61. The van der Waals surface area contributed by atoms with E-state index in [1.807, 2.05) is 77.1 Å². The number of hydrogen-bond acceptors (Lipinski definition) is 4. The van der Waals surface area contributed by atoms with E-state index < -0.39 is 21.6 Å². The molecule has 7 nitrogen and oxygen atoms in total. The first-order valence-corrected chi connectivity index (χ1v) is 14.6. The summed E-state index contributed by atoms with van der Waals surface area (Å²) in [5.41, 5.74) is 2.88. The number of amides is 2. The van der Waals surface area contributed by atoms with Crippen LogP contribution in [0.25, 0.3) is 0 Å². The molecular weight excluding hydrogens is 542 g/mol. The van der Waals surface area contributed by atoms with Gasteiger partial charge >= 0.3 is 0 Å². The average molecular weight is 581 g/mol. The molecule has 0 radical (unpaired) electrons. The fourth-order valence-corrected chi connectivity index (χ4v) is 5.32. The lowest BCUT2D eigenvalue weighted by molar-refractivity contribution is -0.141. The second-order valence-corrected chi connectivity index (χ2v) is 13.1. The molecule has 0 saturated heterocycles. The largest absolute Gasteiger partial charge is 0.350 e. The summed E-state index contributed by atoms with van der Waals surface area (Å²) >= 11 is 3.46. The fraction of sp³-hybridized carbons (Fsp3) is 0.481. The lowest BCUT2D eigenvalue weighted by atomic mass is 10.1. The van der Waals surface area contributed by atoms with E-state index in [1.54, 1.807) is 11.8 Å². The van der Waals surface area contributed by atoms with E-state index in [0.717, 1.165) is 21.2 Å². The Hall–Kier alpha value is -2.39. The van der Waals surface area contributed by atoms with Crippen molar-refractivity contribution in [3.63, 3.8) is 0 Å². The van der Waals surface area contributed by atoms with Gasteiger partial charge in [-0.1, -0.05) is 40.2 Å². The molecule has 0 saturated carbocycles. The number of benzene rings is 2. The SMILES string of the molecule is Cc1ccc(C)c(N(CCCC(=O)N(Cc2cccc(Br)c2)C(C)C(=O)NC(C)(C)C)S(C)(=O)=O)c1. The minimum Gasteiger partial charge on any atom is -0.350 e. The van der Waals surface area contributed by atoms with Crippen LogP contribution in [-0.2, 0) is 26.2 Å². The first-order valence-electron chi connectivity index (χ1n) is 12.0. The number of carbonyl (C=O) groups excluding carboxylic acids is 2. The van der Waals surface area contributed by atoms with Gasteiger partial charge in [0.05, 0.1) is 11.9 Å². The van der Waals surface area contributed by atoms with E-state index >= 15 is 0 Å². The van der Waals surface area contributed by atoms with Crippen LogP contribution >= 0.6 is 15.9 Å². The first kappa shape index (κ1) is 29.8. The molecule has 0 aliphatic heterocycles. The molecule has 2 rings (SSSR count). The molecule has 1 unspecified atom stereocenters. The zero-order valence-corrected chi connectivity index (χ0v) is 24.7. The Kier molecular flexibility index (Phi) is 10.1. The summed E-state index contributed by atoms with van der Waals surface area (Å²) in [7, 11) is -3.54. The summed E-state index contributed by atoms with van der Waals surface area (Å²) in [6.45, 7) is 11.6. The Bertz CT molecular complexity index is 1190. The molecule has 2 aromatic carbocycles. The van der Waals surface area contributed by atoms with Crippen molar-refractivity contribution >= 4 is 43.5 Å². The molecule has 2 aromatic rings. The van der Waals surface area contributed by atoms with Crippen LogP contribution in [0.2, 0.25) is 0 Å². The van der Waals surface area contributed by atoms with E-state index in [1.165, 1.54) is 10.6 Å². The number of anilines is 1. The molecule has 0 spiro atoms. The van der Waals surface area contributed by atoms with Gasteiger partial charge in [0.1, 0.15) is 6.04 Å². The molecule has 9 heteroatoms. The van der Waals surface area contributed by atoms with Gasteiger partial charge in [-0.25, -0.2) is 8.42 Å². The Morgan fingerprint density at radius 3 is 2.33 bits per heavy atom. The standard InChI is InChI=1S/C27H38BrN3O4S/c1-19-13-14-20(2)24(16-19)31(36(7,34)35)15-9-12-25(32)30(18-22-10-8-11-23(28)17-22)21(3)26(33)29-27(4,5)6/h8,10-11,13-14,16-17,21H,9,12,15,18H2,1-7H3,(H,29,33). The number of carbonyl (C=O) groups is 2. The van der Waals surface area contributed by atoms with E-state index in [-0.39, 0.29) is 31.3 Å². The van der Waals surface area contributed by atoms with Gasteiger partial charge in [-0.05, 0) is 82.9 Å². The van der Waals surface area contributed by atoms with E-state index in [2.05, 4.69) is 21.2 Å². The first-order chi connectivity index (χ1) is 16.6. The smallest absolute Gasteiger partial charge is 0.242 e. The van der Waals surface area contributed by atoms with Gasteiger partial charge in [0.15, 0.2) is 0 Å². The highest BCUT2D eigenvalue weighted by Crippen LogP contribution is 2.25. The molecule has 0 bridgehead atoms. The molecule has 198 valence electrons. The van der Waals surface area contributed by atoms with Gasteiger partial charge in [0.2, 0.25) is 21.8 Å². The van der Waals surface area contributed by atoms with Crippen LogP contribution in [0.15, 0.2) is 46.9 Å². The highest BCUT2D eigenvalue weighted by molar-refractivity contribution is 9.10. The number of sulfonamides is 1. The summed E-state index contributed by atoms with van der Waals surface area (Å²) in [5, 5.41) is 2.95. The molecule has 0 aliphatic carbocycles. The number of halogens is 1. The Balaban J connectivity index is 2.23. The summed E-state index contributed by atoms with van der Waals surface area (Å²) in [5.74, 6) is -0.444. The van der Waals surface area contributed by atoms with Gasteiger partial charge < -0.3 is 10.2 Å². The van der Waals surface area contributed by atoms with E-state index in [0.29, 0.717) is 12.1 Å². The third kappa shape index (κ3) is 8.92. The molecule has 0 aliphatic rings. The monoisotopic (exact) mass is 579 g/mol. The molecule has 0 fully saturated rings. The van der Waals surface area contributed by atoms with Crippen LogP contribution < -0.4 is 9.62 Å². The number of aryl methyl sites for hydroxylation is 2. The van der Waals surface area contributed by atoms with Crippen LogP contribution in [0.1, 0.15) is 57.2 Å². The normalized spacial score (nSPS) is 12.7. The summed E-state index contributed by atoms with van der Waals surface area (Å²) < 4.78 is 27.4. The zero-order chi connectivity index (χ0) is 27.3. The van der Waals surface area contributed by atoms with Crippen LogP contribution in [0.5, 0.6) is 0 Å². The highest BCUT2D eigenvalue weighted by atomic mass is 79.9. The van der Waals surface area contributed by atoms with Crippen molar-refractivity contribution in [1.29, 1.82) is 0 Å².